The fraction of sp³-hybridized carbons (Fsp3) is 0.545. The van der Waals surface area contributed by atoms with Crippen LogP contribution in [0.1, 0.15) is 36.5 Å². The maximum absolute atomic E-state index is 11.9. The third-order valence-electron chi connectivity index (χ3n) is 2.28. The maximum Gasteiger partial charge on any atom is 0.305 e. The topological polar surface area (TPSA) is 84.2 Å². The van der Waals surface area contributed by atoms with E-state index in [1.54, 1.807) is 33.9 Å². The van der Waals surface area contributed by atoms with Gasteiger partial charge >= 0.3 is 5.97 Å². The lowest BCUT2D eigenvalue weighted by Crippen LogP contribution is -2.45. The maximum atomic E-state index is 11.9. The van der Waals surface area contributed by atoms with Crippen LogP contribution >= 0.6 is 0 Å². The number of aryl methyl sites for hydroxylation is 2. The molecule has 0 aliphatic heterocycles. The smallest absolute Gasteiger partial charge is 0.305 e. The normalized spacial score (nSPS) is 11.3. The second kappa shape index (κ2) is 4.57. The predicted molar refractivity (Wildman–Crippen MR) is 61.7 cm³/mol. The molecule has 1 aromatic heterocycles. The van der Waals surface area contributed by atoms with Gasteiger partial charge in [-0.2, -0.15) is 5.10 Å². The quantitative estimate of drug-likeness (QED) is 0.810. The number of nitrogens with zero attached hydrogens (tertiary/aromatic N) is 2. The summed E-state index contributed by atoms with van der Waals surface area (Å²) in [7, 11) is 1.67. The average molecular weight is 239 g/mol. The molecule has 6 heteroatoms. The third kappa shape index (κ3) is 3.58. The van der Waals surface area contributed by atoms with Crippen LogP contribution in [0.15, 0.2) is 6.07 Å². The molecule has 0 radical (unpaired) electrons. The van der Waals surface area contributed by atoms with Crippen LogP contribution < -0.4 is 5.32 Å². The molecule has 0 bridgehead atoms. The lowest BCUT2D eigenvalue weighted by atomic mass is 10.0. The first-order valence-electron chi connectivity index (χ1n) is 5.26. The van der Waals surface area contributed by atoms with Crippen LogP contribution in [0.2, 0.25) is 0 Å². The summed E-state index contributed by atoms with van der Waals surface area (Å²) in [5.41, 5.74) is 0.371. The molecular weight excluding hydrogens is 222 g/mol. The van der Waals surface area contributed by atoms with Gasteiger partial charge in [-0.15, -0.1) is 0 Å². The van der Waals surface area contributed by atoms with Gasteiger partial charge in [0.1, 0.15) is 5.69 Å². The zero-order valence-corrected chi connectivity index (χ0v) is 10.4. The highest BCUT2D eigenvalue weighted by Gasteiger charge is 2.25. The Hall–Kier alpha value is -1.85. The largest absolute Gasteiger partial charge is 0.481 e. The number of carbonyl (C=O) groups excluding carboxylic acids is 1. The first kappa shape index (κ1) is 13.2. The van der Waals surface area contributed by atoms with Crippen LogP contribution in [0.4, 0.5) is 0 Å². The van der Waals surface area contributed by atoms with Crippen molar-refractivity contribution in [1.29, 1.82) is 0 Å². The monoisotopic (exact) mass is 239 g/mol. The molecule has 94 valence electrons. The number of hydrogen-bond donors (Lipinski definition) is 2. The van der Waals surface area contributed by atoms with E-state index in [1.807, 2.05) is 0 Å². The first-order chi connectivity index (χ1) is 7.71. The summed E-state index contributed by atoms with van der Waals surface area (Å²) in [6.07, 6.45) is -0.129. The molecule has 0 spiro atoms. The molecule has 17 heavy (non-hydrogen) atoms. The summed E-state index contributed by atoms with van der Waals surface area (Å²) in [4.78, 5) is 22.5. The van der Waals surface area contributed by atoms with E-state index in [9.17, 15) is 9.59 Å². The molecule has 2 N–H and O–H groups in total. The number of rotatable bonds is 4. The zero-order chi connectivity index (χ0) is 13.2. The second-order valence-electron chi connectivity index (χ2n) is 4.70. The van der Waals surface area contributed by atoms with Crippen LogP contribution in [0.5, 0.6) is 0 Å². The van der Waals surface area contributed by atoms with Gasteiger partial charge in [-0.1, -0.05) is 0 Å². The van der Waals surface area contributed by atoms with Crippen LogP contribution in [0.25, 0.3) is 0 Å². The van der Waals surface area contributed by atoms with E-state index in [0.717, 1.165) is 5.69 Å². The van der Waals surface area contributed by atoms with Crippen LogP contribution in [0, 0.1) is 6.92 Å². The van der Waals surface area contributed by atoms with E-state index >= 15 is 0 Å². The number of carbonyl (C=O) groups is 2. The lowest BCUT2D eigenvalue weighted by molar-refractivity contribution is -0.138. The van der Waals surface area contributed by atoms with E-state index < -0.39 is 11.5 Å². The van der Waals surface area contributed by atoms with Crippen LogP contribution in [-0.4, -0.2) is 32.3 Å². The van der Waals surface area contributed by atoms with Crippen molar-refractivity contribution in [3.8, 4) is 0 Å². The zero-order valence-electron chi connectivity index (χ0n) is 10.4. The highest BCUT2D eigenvalue weighted by Crippen LogP contribution is 2.10. The van der Waals surface area contributed by atoms with Gasteiger partial charge in [-0.25, -0.2) is 0 Å². The van der Waals surface area contributed by atoms with Gasteiger partial charge in [-0.05, 0) is 26.8 Å². The van der Waals surface area contributed by atoms with Crippen molar-refractivity contribution in [3.05, 3.63) is 17.5 Å². The van der Waals surface area contributed by atoms with Crippen molar-refractivity contribution >= 4 is 11.9 Å². The molecular formula is C11H17N3O3. The number of carboxylic acid groups (broad SMARTS) is 1. The molecule has 1 heterocycles. The number of aliphatic carboxylic acids is 1. The van der Waals surface area contributed by atoms with Gasteiger partial charge in [-0.3, -0.25) is 14.3 Å². The van der Waals surface area contributed by atoms with Crippen molar-refractivity contribution in [3.63, 3.8) is 0 Å². The standard InChI is InChI=1S/C11H17N3O3/c1-7-5-8(14(4)13-7)10(17)12-11(2,3)6-9(15)16/h5H,6H2,1-4H3,(H,12,17)(H,15,16). The van der Waals surface area contributed by atoms with Crippen molar-refractivity contribution in [2.75, 3.05) is 0 Å². The summed E-state index contributed by atoms with van der Waals surface area (Å²) in [5, 5.41) is 15.5. The molecule has 1 amide bonds. The average Bonchev–Trinajstić information content (AvgIpc) is 2.41. The van der Waals surface area contributed by atoms with Crippen molar-refractivity contribution in [2.24, 2.45) is 7.05 Å². The number of aromatic nitrogens is 2. The summed E-state index contributed by atoms with van der Waals surface area (Å²) in [6.45, 7) is 5.13. The van der Waals surface area contributed by atoms with Gasteiger partial charge in [0.25, 0.3) is 5.91 Å². The number of hydrogen-bond acceptors (Lipinski definition) is 3. The highest BCUT2D eigenvalue weighted by atomic mass is 16.4. The van der Waals surface area contributed by atoms with Gasteiger partial charge in [0.2, 0.25) is 0 Å². The Bertz CT molecular complexity index is 449. The van der Waals surface area contributed by atoms with Gasteiger partial charge in [0.05, 0.1) is 12.1 Å². The molecule has 1 rings (SSSR count). The van der Waals surface area contributed by atoms with E-state index in [1.165, 1.54) is 4.68 Å². The molecule has 1 aromatic rings. The molecule has 0 aliphatic rings. The minimum absolute atomic E-state index is 0.129. The highest BCUT2D eigenvalue weighted by molar-refractivity contribution is 5.93. The van der Waals surface area contributed by atoms with E-state index in [-0.39, 0.29) is 12.3 Å². The first-order valence-corrected chi connectivity index (χ1v) is 5.26. The molecule has 0 aliphatic carbocycles. The van der Waals surface area contributed by atoms with Crippen molar-refractivity contribution in [2.45, 2.75) is 32.7 Å². The van der Waals surface area contributed by atoms with E-state index in [4.69, 9.17) is 5.11 Å². The second-order valence-corrected chi connectivity index (χ2v) is 4.70. The molecule has 0 fully saturated rings. The molecule has 0 saturated heterocycles. The molecule has 0 atom stereocenters. The van der Waals surface area contributed by atoms with Crippen molar-refractivity contribution < 1.29 is 14.7 Å². The SMILES string of the molecule is Cc1cc(C(=O)NC(C)(C)CC(=O)O)n(C)n1. The van der Waals surface area contributed by atoms with Crippen LogP contribution in [0.3, 0.4) is 0 Å². The van der Waals surface area contributed by atoms with Crippen LogP contribution in [-0.2, 0) is 11.8 Å². The molecule has 6 nitrogen and oxygen atoms in total. The Kier molecular flexibility index (Phi) is 3.55. The Morgan fingerprint density at radius 1 is 1.53 bits per heavy atom. The molecule has 0 unspecified atom stereocenters. The number of carboxylic acids is 1. The van der Waals surface area contributed by atoms with Gasteiger partial charge in [0.15, 0.2) is 0 Å². The Morgan fingerprint density at radius 2 is 2.12 bits per heavy atom. The number of amides is 1. The molecule has 0 saturated carbocycles. The summed E-state index contributed by atoms with van der Waals surface area (Å²) in [6, 6.07) is 1.66. The fourth-order valence-corrected chi connectivity index (χ4v) is 1.62. The van der Waals surface area contributed by atoms with E-state index in [0.29, 0.717) is 5.69 Å². The Labute approximate surface area is 99.6 Å². The van der Waals surface area contributed by atoms with Crippen molar-refractivity contribution in [1.82, 2.24) is 15.1 Å². The lowest BCUT2D eigenvalue weighted by Gasteiger charge is -2.24. The van der Waals surface area contributed by atoms with Gasteiger partial charge < -0.3 is 10.4 Å². The third-order valence-corrected chi connectivity index (χ3v) is 2.28. The number of nitrogens with one attached hydrogen (secondary N) is 1. The van der Waals surface area contributed by atoms with E-state index in [2.05, 4.69) is 10.4 Å². The Morgan fingerprint density at radius 3 is 2.53 bits per heavy atom. The summed E-state index contributed by atoms with van der Waals surface area (Å²) < 4.78 is 1.47. The Balaban J connectivity index is 2.79. The minimum atomic E-state index is -0.948. The predicted octanol–water partition coefficient (Wildman–Crippen LogP) is 0.712. The summed E-state index contributed by atoms with van der Waals surface area (Å²) in [5.74, 6) is -1.27. The minimum Gasteiger partial charge on any atom is -0.481 e. The summed E-state index contributed by atoms with van der Waals surface area (Å²) >= 11 is 0. The molecule has 0 aromatic carbocycles. The fourth-order valence-electron chi connectivity index (χ4n) is 1.62. The van der Waals surface area contributed by atoms with Gasteiger partial charge in [0, 0.05) is 12.6 Å².